The van der Waals surface area contributed by atoms with Gasteiger partial charge in [-0.1, -0.05) is 11.6 Å². The number of carboxylic acid groups (broad SMARTS) is 2. The van der Waals surface area contributed by atoms with Crippen molar-refractivity contribution in [1.82, 2.24) is 0 Å². The Morgan fingerprint density at radius 3 is 2.17 bits per heavy atom. The number of aldehydes is 1. The standard InChI is InChI=1S/C6H7ClO5/c7-6(3-8,5(11)12)2-1-4(9)10/h3H,1-2H2,(H,9,10)(H,11,12). The van der Waals surface area contributed by atoms with E-state index in [1.54, 1.807) is 0 Å². The van der Waals surface area contributed by atoms with Crippen molar-refractivity contribution < 1.29 is 24.6 Å². The van der Waals surface area contributed by atoms with Crippen molar-refractivity contribution in [3.8, 4) is 0 Å². The zero-order chi connectivity index (χ0) is 9.78. The van der Waals surface area contributed by atoms with Crippen molar-refractivity contribution in [1.29, 1.82) is 0 Å². The summed E-state index contributed by atoms with van der Waals surface area (Å²) in [5, 5.41) is 16.6. The fourth-order valence-corrected chi connectivity index (χ4v) is 0.600. The molecule has 0 rings (SSSR count). The first-order valence-electron chi connectivity index (χ1n) is 3.03. The maximum atomic E-state index is 10.3. The SMILES string of the molecule is O=CC(Cl)(CCC(=O)O)C(=O)O. The second-order valence-corrected chi connectivity index (χ2v) is 2.85. The average Bonchev–Trinajstić information content (AvgIpc) is 1.99. The van der Waals surface area contributed by atoms with Gasteiger partial charge in [-0.3, -0.25) is 4.79 Å². The number of hydrogen-bond acceptors (Lipinski definition) is 3. The molecule has 0 saturated carbocycles. The number of alkyl halides is 1. The van der Waals surface area contributed by atoms with Gasteiger partial charge in [0.1, 0.15) is 0 Å². The molecule has 0 aliphatic rings. The summed E-state index contributed by atoms with van der Waals surface area (Å²) in [5.74, 6) is -2.72. The third kappa shape index (κ3) is 2.87. The Balaban J connectivity index is 4.25. The van der Waals surface area contributed by atoms with Crippen LogP contribution in [0.5, 0.6) is 0 Å². The molecule has 0 aromatic rings. The summed E-state index contributed by atoms with van der Waals surface area (Å²) in [6.45, 7) is 0. The molecule has 68 valence electrons. The van der Waals surface area contributed by atoms with Crippen LogP contribution in [-0.4, -0.2) is 33.3 Å². The van der Waals surface area contributed by atoms with Gasteiger partial charge in [0.15, 0.2) is 11.2 Å². The minimum Gasteiger partial charge on any atom is -0.481 e. The van der Waals surface area contributed by atoms with E-state index in [0.717, 1.165) is 0 Å². The van der Waals surface area contributed by atoms with Crippen molar-refractivity contribution in [2.45, 2.75) is 17.7 Å². The lowest BCUT2D eigenvalue weighted by atomic mass is 10.0. The molecule has 0 aliphatic heterocycles. The molecule has 0 radical (unpaired) electrons. The minimum absolute atomic E-state index is 0.0276. The Kier molecular flexibility index (Phi) is 3.69. The van der Waals surface area contributed by atoms with Crippen LogP contribution in [0.25, 0.3) is 0 Å². The Labute approximate surface area is 72.9 Å². The van der Waals surface area contributed by atoms with Crippen molar-refractivity contribution in [2.24, 2.45) is 0 Å². The van der Waals surface area contributed by atoms with E-state index in [9.17, 15) is 14.4 Å². The van der Waals surface area contributed by atoms with Crippen LogP contribution >= 0.6 is 11.6 Å². The highest BCUT2D eigenvalue weighted by molar-refractivity contribution is 6.42. The second-order valence-electron chi connectivity index (χ2n) is 2.18. The van der Waals surface area contributed by atoms with Gasteiger partial charge in [0, 0.05) is 6.42 Å². The minimum atomic E-state index is -2.10. The Morgan fingerprint density at radius 1 is 1.42 bits per heavy atom. The van der Waals surface area contributed by atoms with E-state index in [1.165, 1.54) is 0 Å². The molecule has 5 nitrogen and oxygen atoms in total. The van der Waals surface area contributed by atoms with E-state index < -0.39 is 29.7 Å². The summed E-state index contributed by atoms with van der Waals surface area (Å²) < 4.78 is 0. The summed E-state index contributed by atoms with van der Waals surface area (Å²) in [6, 6.07) is 0. The first-order valence-corrected chi connectivity index (χ1v) is 3.40. The fourth-order valence-electron chi connectivity index (χ4n) is 0.505. The van der Waals surface area contributed by atoms with Gasteiger partial charge in [-0.15, -0.1) is 0 Å². The molecule has 2 N–H and O–H groups in total. The molecule has 0 aromatic carbocycles. The third-order valence-corrected chi connectivity index (χ3v) is 1.68. The number of rotatable bonds is 5. The van der Waals surface area contributed by atoms with Crippen LogP contribution in [0.1, 0.15) is 12.8 Å². The van der Waals surface area contributed by atoms with Crippen LogP contribution in [0.3, 0.4) is 0 Å². The van der Waals surface area contributed by atoms with Crippen molar-refractivity contribution >= 4 is 29.8 Å². The number of hydrogen-bond donors (Lipinski definition) is 2. The van der Waals surface area contributed by atoms with E-state index in [4.69, 9.17) is 21.8 Å². The van der Waals surface area contributed by atoms with Crippen LogP contribution in [0.4, 0.5) is 0 Å². The van der Waals surface area contributed by atoms with Crippen LogP contribution in [0.15, 0.2) is 0 Å². The molecular weight excluding hydrogens is 188 g/mol. The van der Waals surface area contributed by atoms with E-state index in [1.807, 2.05) is 0 Å². The summed E-state index contributed by atoms with van der Waals surface area (Å²) in [4.78, 5) is 28.4. The number of carbonyl (C=O) groups excluding carboxylic acids is 1. The zero-order valence-corrected chi connectivity index (χ0v) is 6.74. The average molecular weight is 195 g/mol. The normalized spacial score (nSPS) is 14.8. The number of carboxylic acids is 2. The second kappa shape index (κ2) is 4.06. The summed E-state index contributed by atoms with van der Waals surface area (Å²) in [7, 11) is 0. The molecule has 1 atom stereocenters. The molecule has 0 saturated heterocycles. The molecule has 0 fully saturated rings. The fraction of sp³-hybridized carbons (Fsp3) is 0.500. The van der Waals surface area contributed by atoms with Crippen LogP contribution in [0, 0.1) is 0 Å². The number of halogens is 1. The van der Waals surface area contributed by atoms with Crippen molar-refractivity contribution in [2.75, 3.05) is 0 Å². The molecule has 12 heavy (non-hydrogen) atoms. The lowest BCUT2D eigenvalue weighted by molar-refractivity contribution is -0.142. The highest BCUT2D eigenvalue weighted by atomic mass is 35.5. The number of aliphatic carboxylic acids is 2. The molecule has 0 amide bonds. The Bertz CT molecular complexity index is 214. The summed E-state index contributed by atoms with van der Waals surface area (Å²) in [5.41, 5.74) is 0. The van der Waals surface area contributed by atoms with Gasteiger partial charge >= 0.3 is 11.9 Å². The van der Waals surface area contributed by atoms with Gasteiger partial charge in [-0.05, 0) is 6.42 Å². The van der Waals surface area contributed by atoms with Gasteiger partial charge in [0.05, 0.1) is 0 Å². The Hall–Kier alpha value is -1.10. The zero-order valence-electron chi connectivity index (χ0n) is 5.99. The third-order valence-electron chi connectivity index (χ3n) is 1.25. The van der Waals surface area contributed by atoms with Crippen LogP contribution in [0.2, 0.25) is 0 Å². The van der Waals surface area contributed by atoms with Gasteiger partial charge in [0.2, 0.25) is 0 Å². The molecule has 1 unspecified atom stereocenters. The maximum Gasteiger partial charge on any atom is 0.332 e. The van der Waals surface area contributed by atoms with E-state index in [2.05, 4.69) is 0 Å². The van der Waals surface area contributed by atoms with Crippen LogP contribution < -0.4 is 0 Å². The molecule has 0 spiro atoms. The highest BCUT2D eigenvalue weighted by Crippen LogP contribution is 2.19. The number of carbonyl (C=O) groups is 3. The largest absolute Gasteiger partial charge is 0.481 e. The molecular formula is C6H7ClO5. The maximum absolute atomic E-state index is 10.3. The van der Waals surface area contributed by atoms with Gasteiger partial charge < -0.3 is 15.0 Å². The van der Waals surface area contributed by atoms with Crippen LogP contribution in [-0.2, 0) is 14.4 Å². The molecule has 0 aliphatic carbocycles. The Morgan fingerprint density at radius 2 is 1.92 bits per heavy atom. The molecule has 0 heterocycles. The van der Waals surface area contributed by atoms with E-state index in [-0.39, 0.29) is 6.29 Å². The predicted octanol–water partition coefficient (Wildman–Crippen LogP) is 0.112. The lowest BCUT2D eigenvalue weighted by Crippen LogP contribution is -2.34. The lowest BCUT2D eigenvalue weighted by Gasteiger charge is -2.12. The van der Waals surface area contributed by atoms with Gasteiger partial charge in [0.25, 0.3) is 0 Å². The molecule has 0 bridgehead atoms. The van der Waals surface area contributed by atoms with E-state index >= 15 is 0 Å². The molecule has 6 heteroatoms. The highest BCUT2D eigenvalue weighted by Gasteiger charge is 2.36. The smallest absolute Gasteiger partial charge is 0.332 e. The quantitative estimate of drug-likeness (QED) is 0.368. The molecule has 0 aromatic heterocycles. The topological polar surface area (TPSA) is 91.7 Å². The van der Waals surface area contributed by atoms with Crippen molar-refractivity contribution in [3.05, 3.63) is 0 Å². The monoisotopic (exact) mass is 194 g/mol. The first-order chi connectivity index (χ1) is 5.42. The van der Waals surface area contributed by atoms with Crippen molar-refractivity contribution in [3.63, 3.8) is 0 Å². The first kappa shape index (κ1) is 10.9. The summed E-state index contributed by atoms with van der Waals surface area (Å²) >= 11 is 5.27. The van der Waals surface area contributed by atoms with E-state index in [0.29, 0.717) is 0 Å². The summed E-state index contributed by atoms with van der Waals surface area (Å²) in [6.07, 6.45) is -0.836. The van der Waals surface area contributed by atoms with Gasteiger partial charge in [-0.2, -0.15) is 0 Å². The predicted molar refractivity (Wildman–Crippen MR) is 39.2 cm³/mol. The van der Waals surface area contributed by atoms with Gasteiger partial charge in [-0.25, -0.2) is 4.79 Å².